The van der Waals surface area contributed by atoms with Gasteiger partial charge in [0.25, 0.3) is 0 Å². The molecule has 2 rings (SSSR count). The monoisotopic (exact) mass is 284 g/mol. The van der Waals surface area contributed by atoms with E-state index in [0.717, 1.165) is 24.9 Å². The van der Waals surface area contributed by atoms with Crippen molar-refractivity contribution in [3.05, 3.63) is 23.8 Å². The van der Waals surface area contributed by atoms with Crippen LogP contribution in [-0.2, 0) is 4.79 Å². The maximum Gasteiger partial charge on any atom is 0.227 e. The molecule has 2 atom stereocenters. The number of rotatable bonds is 2. The molecule has 1 aromatic rings. The Kier molecular flexibility index (Phi) is 5.63. The van der Waals surface area contributed by atoms with Crippen molar-refractivity contribution in [1.29, 1.82) is 0 Å². The summed E-state index contributed by atoms with van der Waals surface area (Å²) in [6.45, 7) is 4.86. The summed E-state index contributed by atoms with van der Waals surface area (Å²) in [5.41, 5.74) is 1.47. The van der Waals surface area contributed by atoms with Gasteiger partial charge in [-0.2, -0.15) is 0 Å². The molecule has 1 fully saturated rings. The first kappa shape index (κ1) is 15.8. The second-order valence-corrected chi connectivity index (χ2v) is 5.09. The van der Waals surface area contributed by atoms with Crippen LogP contribution >= 0.6 is 12.4 Å². The highest BCUT2D eigenvalue weighted by molar-refractivity contribution is 5.94. The molecule has 1 amide bonds. The minimum Gasteiger partial charge on any atom is -0.506 e. The third kappa shape index (κ3) is 4.11. The normalized spacial score (nSPS) is 22.4. The van der Waals surface area contributed by atoms with Crippen LogP contribution in [0.1, 0.15) is 25.3 Å². The van der Waals surface area contributed by atoms with Gasteiger partial charge < -0.3 is 15.7 Å². The number of phenols is 1. The maximum atomic E-state index is 12.1. The number of anilines is 1. The van der Waals surface area contributed by atoms with E-state index in [1.165, 1.54) is 0 Å². The Morgan fingerprint density at radius 1 is 1.47 bits per heavy atom. The van der Waals surface area contributed by atoms with E-state index in [-0.39, 0.29) is 30.0 Å². The minimum absolute atomic E-state index is 0. The second kappa shape index (κ2) is 6.78. The Balaban J connectivity index is 0.00000180. The SMILES string of the molecule is Cc1ccc(NC(=O)[C@H]2CCN[C@@H](C)C2)c(O)c1.Cl. The molecule has 3 N–H and O–H groups in total. The number of phenolic OH excluding ortho intramolecular Hbond substituents is 1. The van der Waals surface area contributed by atoms with E-state index in [4.69, 9.17) is 0 Å². The van der Waals surface area contributed by atoms with Crippen molar-refractivity contribution >= 4 is 24.0 Å². The van der Waals surface area contributed by atoms with Gasteiger partial charge in [0.05, 0.1) is 5.69 Å². The zero-order chi connectivity index (χ0) is 13.1. The summed E-state index contributed by atoms with van der Waals surface area (Å²) in [5, 5.41) is 15.9. The van der Waals surface area contributed by atoms with Gasteiger partial charge in [0.15, 0.2) is 0 Å². The number of carbonyl (C=O) groups is 1. The summed E-state index contributed by atoms with van der Waals surface area (Å²) in [4.78, 5) is 12.1. The molecule has 5 heteroatoms. The largest absolute Gasteiger partial charge is 0.506 e. The molecule has 0 aromatic heterocycles. The van der Waals surface area contributed by atoms with E-state index >= 15 is 0 Å². The van der Waals surface area contributed by atoms with Gasteiger partial charge in [-0.1, -0.05) is 6.07 Å². The van der Waals surface area contributed by atoms with E-state index in [0.29, 0.717) is 11.7 Å². The van der Waals surface area contributed by atoms with Crippen molar-refractivity contribution in [1.82, 2.24) is 5.32 Å². The van der Waals surface area contributed by atoms with Crippen LogP contribution in [0.5, 0.6) is 5.75 Å². The lowest BCUT2D eigenvalue weighted by atomic mass is 9.92. The van der Waals surface area contributed by atoms with Gasteiger partial charge in [-0.15, -0.1) is 12.4 Å². The molecule has 0 unspecified atom stereocenters. The number of aryl methyl sites for hydroxylation is 1. The average molecular weight is 285 g/mol. The molecule has 1 heterocycles. The van der Waals surface area contributed by atoms with E-state index in [9.17, 15) is 9.90 Å². The molecule has 4 nitrogen and oxygen atoms in total. The molecule has 1 aromatic carbocycles. The number of amides is 1. The molecule has 19 heavy (non-hydrogen) atoms. The summed E-state index contributed by atoms with van der Waals surface area (Å²) >= 11 is 0. The van der Waals surface area contributed by atoms with E-state index in [1.807, 2.05) is 13.0 Å². The number of aromatic hydroxyl groups is 1. The molecule has 0 spiro atoms. The summed E-state index contributed by atoms with van der Waals surface area (Å²) in [5.74, 6) is 0.162. The van der Waals surface area contributed by atoms with Gasteiger partial charge in [0, 0.05) is 12.0 Å². The van der Waals surface area contributed by atoms with Crippen LogP contribution in [0.3, 0.4) is 0 Å². The molecule has 0 saturated carbocycles. The van der Waals surface area contributed by atoms with E-state index in [1.54, 1.807) is 12.1 Å². The fraction of sp³-hybridized carbons (Fsp3) is 0.500. The first-order chi connectivity index (χ1) is 8.56. The number of hydrogen-bond acceptors (Lipinski definition) is 3. The van der Waals surface area contributed by atoms with Crippen molar-refractivity contribution in [2.45, 2.75) is 32.7 Å². The molecule has 0 radical (unpaired) electrons. The molecular weight excluding hydrogens is 264 g/mol. The van der Waals surface area contributed by atoms with E-state index in [2.05, 4.69) is 17.6 Å². The summed E-state index contributed by atoms with van der Waals surface area (Å²) < 4.78 is 0. The minimum atomic E-state index is 0. The zero-order valence-corrected chi connectivity index (χ0v) is 12.1. The Morgan fingerprint density at radius 2 is 2.21 bits per heavy atom. The third-order valence-electron chi connectivity index (χ3n) is 3.41. The van der Waals surface area contributed by atoms with Crippen LogP contribution in [0, 0.1) is 12.8 Å². The number of nitrogens with one attached hydrogen (secondary N) is 2. The van der Waals surface area contributed by atoms with Crippen molar-refractivity contribution in [2.75, 3.05) is 11.9 Å². The molecule has 0 bridgehead atoms. The number of hydrogen-bond donors (Lipinski definition) is 3. The predicted octanol–water partition coefficient (Wildman–Crippen LogP) is 2.45. The summed E-state index contributed by atoms with van der Waals surface area (Å²) in [6, 6.07) is 5.65. The molecule has 0 aliphatic carbocycles. The zero-order valence-electron chi connectivity index (χ0n) is 11.3. The highest BCUT2D eigenvalue weighted by Gasteiger charge is 2.25. The number of halogens is 1. The van der Waals surface area contributed by atoms with Crippen molar-refractivity contribution in [3.8, 4) is 5.75 Å². The Labute approximate surface area is 120 Å². The smallest absolute Gasteiger partial charge is 0.227 e. The highest BCUT2D eigenvalue weighted by Crippen LogP contribution is 2.26. The molecule has 1 aliphatic rings. The van der Waals surface area contributed by atoms with Gasteiger partial charge >= 0.3 is 0 Å². The Morgan fingerprint density at radius 3 is 2.84 bits per heavy atom. The van der Waals surface area contributed by atoms with E-state index < -0.39 is 0 Å². The fourth-order valence-corrected chi connectivity index (χ4v) is 2.35. The quantitative estimate of drug-likeness (QED) is 0.731. The van der Waals surface area contributed by atoms with Gasteiger partial charge in [0.1, 0.15) is 5.75 Å². The average Bonchev–Trinajstić information content (AvgIpc) is 2.32. The lowest BCUT2D eigenvalue weighted by Gasteiger charge is -2.27. The van der Waals surface area contributed by atoms with Crippen LogP contribution in [0.25, 0.3) is 0 Å². The van der Waals surface area contributed by atoms with Crippen molar-refractivity contribution in [3.63, 3.8) is 0 Å². The molecule has 1 aliphatic heterocycles. The fourth-order valence-electron chi connectivity index (χ4n) is 2.35. The van der Waals surface area contributed by atoms with Crippen LogP contribution in [0.15, 0.2) is 18.2 Å². The third-order valence-corrected chi connectivity index (χ3v) is 3.41. The maximum absolute atomic E-state index is 12.1. The number of piperidine rings is 1. The second-order valence-electron chi connectivity index (χ2n) is 5.09. The Hall–Kier alpha value is -1.26. The van der Waals surface area contributed by atoms with Gasteiger partial charge in [0.2, 0.25) is 5.91 Å². The Bertz CT molecular complexity index is 451. The van der Waals surface area contributed by atoms with Crippen LogP contribution < -0.4 is 10.6 Å². The van der Waals surface area contributed by atoms with Gasteiger partial charge in [-0.05, 0) is 50.9 Å². The number of carbonyl (C=O) groups excluding carboxylic acids is 1. The predicted molar refractivity (Wildman–Crippen MR) is 78.9 cm³/mol. The highest BCUT2D eigenvalue weighted by atomic mass is 35.5. The van der Waals surface area contributed by atoms with Crippen LogP contribution in [0.2, 0.25) is 0 Å². The number of benzene rings is 1. The van der Waals surface area contributed by atoms with Gasteiger partial charge in [-0.3, -0.25) is 4.79 Å². The topological polar surface area (TPSA) is 61.4 Å². The van der Waals surface area contributed by atoms with Crippen molar-refractivity contribution < 1.29 is 9.90 Å². The van der Waals surface area contributed by atoms with Gasteiger partial charge in [-0.25, -0.2) is 0 Å². The summed E-state index contributed by atoms with van der Waals surface area (Å²) in [6.07, 6.45) is 1.70. The molecule has 1 saturated heterocycles. The first-order valence-electron chi connectivity index (χ1n) is 6.40. The van der Waals surface area contributed by atoms with Crippen LogP contribution in [-0.4, -0.2) is 23.6 Å². The molecular formula is C14H21ClN2O2. The molecule has 106 valence electrons. The lowest BCUT2D eigenvalue weighted by Crippen LogP contribution is -2.40. The summed E-state index contributed by atoms with van der Waals surface area (Å²) in [7, 11) is 0. The van der Waals surface area contributed by atoms with Crippen LogP contribution in [0.4, 0.5) is 5.69 Å². The van der Waals surface area contributed by atoms with Crippen molar-refractivity contribution in [2.24, 2.45) is 5.92 Å². The standard InChI is InChI=1S/C14H20N2O2.ClH/c1-9-3-4-12(13(17)7-9)16-14(18)11-5-6-15-10(2)8-11;/h3-4,7,10-11,15,17H,5-6,8H2,1-2H3,(H,16,18);1H/t10-,11-;/m0./s1. The first-order valence-corrected chi connectivity index (χ1v) is 6.40. The lowest BCUT2D eigenvalue weighted by molar-refractivity contribution is -0.120.